The number of benzene rings is 4. The van der Waals surface area contributed by atoms with Crippen molar-refractivity contribution < 1.29 is 47.5 Å². The molecule has 268 valence electrons. The van der Waals surface area contributed by atoms with Gasteiger partial charge in [0.05, 0.1) is 60.6 Å². The zero-order valence-corrected chi connectivity index (χ0v) is 28.8. The van der Waals surface area contributed by atoms with Crippen molar-refractivity contribution in [2.75, 3.05) is 52.0 Å². The van der Waals surface area contributed by atoms with Crippen molar-refractivity contribution in [3.8, 4) is 17.2 Å². The number of hydrogen-bond acceptors (Lipinski definition) is 14. The van der Waals surface area contributed by atoms with E-state index in [0.29, 0.717) is 65.3 Å². The number of nitrogens with one attached hydrogen (secondary N) is 1. The Hall–Kier alpha value is -5.38. The van der Waals surface area contributed by atoms with Gasteiger partial charge < -0.3 is 37.9 Å². The van der Waals surface area contributed by atoms with E-state index >= 15 is 0 Å². The van der Waals surface area contributed by atoms with Gasteiger partial charge >= 0.3 is 11.9 Å². The molecule has 0 saturated carbocycles. The van der Waals surface area contributed by atoms with Crippen LogP contribution >= 0.6 is 11.3 Å². The summed E-state index contributed by atoms with van der Waals surface area (Å²) >= 11 is 1.47. The lowest BCUT2D eigenvalue weighted by molar-refractivity contribution is 0.00807. The van der Waals surface area contributed by atoms with Gasteiger partial charge in [-0.2, -0.15) is 5.10 Å². The quantitative estimate of drug-likeness (QED) is 0.0206. The molecule has 5 aromatic rings. The van der Waals surface area contributed by atoms with Gasteiger partial charge in [0.25, 0.3) is 0 Å². The standard InChI is InChI=1S/C38H35N3O10S/c42-36(26-6-10-29(11-7-26)49-23-44-19-31-21-47-31)46-16-15-25-5-14-34(28(17-25)18-39-41-38-40-33-3-1-2-4-35(33)52-38)51-37(43)27-8-12-30(13-9-27)50-24-45-20-32-22-48-32/h1-14,17-18,31-32H,15-16,19-24H2,(H,40,41)/b39-18+. The smallest absolute Gasteiger partial charge is 0.343 e. The summed E-state index contributed by atoms with van der Waals surface area (Å²) in [6.07, 6.45) is 2.29. The van der Waals surface area contributed by atoms with E-state index in [1.807, 2.05) is 36.4 Å². The van der Waals surface area contributed by atoms with Crippen molar-refractivity contribution in [3.63, 3.8) is 0 Å². The second-order valence-corrected chi connectivity index (χ2v) is 12.8. The fraction of sp³-hybridized carbons (Fsp3) is 0.263. The van der Waals surface area contributed by atoms with Gasteiger partial charge in [-0.1, -0.05) is 29.5 Å². The van der Waals surface area contributed by atoms with Crippen LogP contribution in [0, 0.1) is 0 Å². The van der Waals surface area contributed by atoms with Crippen LogP contribution < -0.4 is 19.6 Å². The molecule has 2 fully saturated rings. The number of nitrogens with zero attached hydrogens (tertiary/aromatic N) is 2. The van der Waals surface area contributed by atoms with Crippen LogP contribution in [0.1, 0.15) is 31.8 Å². The highest BCUT2D eigenvalue weighted by atomic mass is 32.1. The molecule has 0 radical (unpaired) electrons. The zero-order valence-electron chi connectivity index (χ0n) is 27.9. The minimum Gasteiger partial charge on any atom is -0.468 e. The molecule has 52 heavy (non-hydrogen) atoms. The summed E-state index contributed by atoms with van der Waals surface area (Å²) in [4.78, 5) is 30.4. The average Bonchev–Trinajstić information content (AvgIpc) is 4.12. The first-order valence-electron chi connectivity index (χ1n) is 16.6. The first-order valence-corrected chi connectivity index (χ1v) is 17.4. The molecule has 14 heteroatoms. The van der Waals surface area contributed by atoms with Gasteiger partial charge in [-0.3, -0.25) is 5.43 Å². The summed E-state index contributed by atoms with van der Waals surface area (Å²) in [7, 11) is 0. The number of epoxide rings is 2. The number of hydrazone groups is 1. The third-order valence-corrected chi connectivity index (χ3v) is 8.71. The molecular weight excluding hydrogens is 690 g/mol. The molecule has 7 rings (SSSR count). The van der Waals surface area contributed by atoms with Gasteiger partial charge in [0.15, 0.2) is 13.6 Å². The SMILES string of the molecule is O=C(OCCc1ccc(OC(=O)c2ccc(OCOCC3CO3)cc2)c(/C=N/Nc2nc3ccccc3s2)c1)c1ccc(OCOCC2CO2)cc1. The zero-order chi connectivity index (χ0) is 35.5. The Balaban J connectivity index is 0.958. The van der Waals surface area contributed by atoms with Crippen molar-refractivity contribution in [3.05, 3.63) is 113 Å². The molecule has 2 aliphatic heterocycles. The van der Waals surface area contributed by atoms with Crippen molar-refractivity contribution in [1.82, 2.24) is 4.98 Å². The lowest BCUT2D eigenvalue weighted by atomic mass is 10.1. The maximum absolute atomic E-state index is 13.1. The number of fused-ring (bicyclic) bond motifs is 1. The average molecular weight is 726 g/mol. The van der Waals surface area contributed by atoms with Gasteiger partial charge in [-0.25, -0.2) is 14.6 Å². The minimum absolute atomic E-state index is 0.0823. The van der Waals surface area contributed by atoms with Gasteiger partial charge in [0, 0.05) is 12.0 Å². The second kappa shape index (κ2) is 17.2. The maximum atomic E-state index is 13.1. The summed E-state index contributed by atoms with van der Waals surface area (Å²) < 4.78 is 44.4. The molecule has 4 aromatic carbocycles. The van der Waals surface area contributed by atoms with Crippen LogP contribution in [0.2, 0.25) is 0 Å². The minimum atomic E-state index is -0.555. The predicted molar refractivity (Wildman–Crippen MR) is 191 cm³/mol. The molecule has 0 bridgehead atoms. The molecule has 2 unspecified atom stereocenters. The number of aromatic nitrogens is 1. The van der Waals surface area contributed by atoms with Crippen LogP contribution in [0.3, 0.4) is 0 Å². The van der Waals surface area contributed by atoms with E-state index in [0.717, 1.165) is 22.4 Å². The van der Waals surface area contributed by atoms with E-state index in [9.17, 15) is 9.59 Å². The fourth-order valence-corrected chi connectivity index (χ4v) is 5.63. The van der Waals surface area contributed by atoms with Crippen LogP contribution in [0.15, 0.2) is 96.1 Å². The van der Waals surface area contributed by atoms with Gasteiger partial charge in [-0.05, 0) is 78.4 Å². The highest BCUT2D eigenvalue weighted by Gasteiger charge is 2.23. The number of ether oxygens (including phenoxy) is 8. The molecule has 13 nitrogen and oxygen atoms in total. The molecule has 0 amide bonds. The number of rotatable bonds is 19. The monoisotopic (exact) mass is 725 g/mol. The molecule has 2 saturated heterocycles. The van der Waals surface area contributed by atoms with Crippen LogP contribution in [0.5, 0.6) is 17.2 Å². The second-order valence-electron chi connectivity index (χ2n) is 11.7. The van der Waals surface area contributed by atoms with Crippen LogP contribution in [-0.4, -0.2) is 82.0 Å². The number of carbonyl (C=O) groups excluding carboxylic acids is 2. The van der Waals surface area contributed by atoms with Crippen LogP contribution in [-0.2, 0) is 30.1 Å². The summed E-state index contributed by atoms with van der Waals surface area (Å²) in [5.74, 6) is 0.412. The molecule has 1 aromatic heterocycles. The molecule has 2 atom stereocenters. The first-order chi connectivity index (χ1) is 25.6. The van der Waals surface area contributed by atoms with Crippen molar-refractivity contribution >= 4 is 44.8 Å². The van der Waals surface area contributed by atoms with E-state index in [2.05, 4.69) is 15.5 Å². The van der Waals surface area contributed by atoms with Crippen molar-refractivity contribution in [1.29, 1.82) is 0 Å². The van der Waals surface area contributed by atoms with E-state index in [-0.39, 0.29) is 32.4 Å². The Morgan fingerprint density at radius 3 is 2.10 bits per heavy atom. The highest BCUT2D eigenvalue weighted by Crippen LogP contribution is 2.26. The van der Waals surface area contributed by atoms with Gasteiger partial charge in [0.2, 0.25) is 5.13 Å². The number of anilines is 1. The molecule has 0 aliphatic carbocycles. The predicted octanol–water partition coefficient (Wildman–Crippen LogP) is 5.86. The largest absolute Gasteiger partial charge is 0.468 e. The molecule has 3 heterocycles. The van der Waals surface area contributed by atoms with Crippen molar-refractivity contribution in [2.24, 2.45) is 5.10 Å². The summed E-state index contributed by atoms with van der Waals surface area (Å²) in [6, 6.07) is 26.3. The number of esters is 2. The summed E-state index contributed by atoms with van der Waals surface area (Å²) in [5, 5.41) is 4.99. The third kappa shape index (κ3) is 10.3. The molecule has 1 N–H and O–H groups in total. The fourth-order valence-electron chi connectivity index (χ4n) is 4.81. The Bertz CT molecular complexity index is 1960. The maximum Gasteiger partial charge on any atom is 0.343 e. The Morgan fingerprint density at radius 2 is 1.46 bits per heavy atom. The van der Waals surface area contributed by atoms with Gasteiger partial charge in [-0.15, -0.1) is 0 Å². The normalized spacial score (nSPS) is 16.1. The lowest BCUT2D eigenvalue weighted by Gasteiger charge is -2.11. The summed E-state index contributed by atoms with van der Waals surface area (Å²) in [6.45, 7) is 2.71. The van der Waals surface area contributed by atoms with Crippen LogP contribution in [0.25, 0.3) is 10.2 Å². The van der Waals surface area contributed by atoms with Crippen LogP contribution in [0.4, 0.5) is 5.13 Å². The Labute approximate surface area is 303 Å². The van der Waals surface area contributed by atoms with E-state index in [4.69, 9.17) is 37.9 Å². The van der Waals surface area contributed by atoms with E-state index in [1.165, 1.54) is 11.3 Å². The van der Waals surface area contributed by atoms with Gasteiger partial charge in [0.1, 0.15) is 29.5 Å². The first kappa shape index (κ1) is 35.0. The number of hydrogen-bond donors (Lipinski definition) is 1. The lowest BCUT2D eigenvalue weighted by Crippen LogP contribution is -2.11. The number of para-hydroxylation sites is 1. The highest BCUT2D eigenvalue weighted by molar-refractivity contribution is 7.22. The van der Waals surface area contributed by atoms with Crippen molar-refractivity contribution in [2.45, 2.75) is 18.6 Å². The molecule has 2 aliphatic rings. The van der Waals surface area contributed by atoms with E-state index < -0.39 is 11.9 Å². The third-order valence-electron chi connectivity index (χ3n) is 7.77. The summed E-state index contributed by atoms with van der Waals surface area (Å²) in [5.41, 5.74) is 5.93. The molecular formula is C38H35N3O10S. The number of thiazole rings is 1. The molecule has 0 spiro atoms. The Morgan fingerprint density at radius 1 is 0.827 bits per heavy atom. The topological polar surface area (TPSA) is 152 Å². The van der Waals surface area contributed by atoms with E-state index in [1.54, 1.807) is 60.8 Å². The number of carbonyl (C=O) groups is 2. The Kier molecular flexibility index (Phi) is 11.6.